The van der Waals surface area contributed by atoms with Crippen LogP contribution in [0, 0.1) is 11.2 Å². The molecule has 2 aliphatic carbocycles. The maximum atomic E-state index is 14.9. The highest BCUT2D eigenvalue weighted by atomic mass is 35.5. The number of halogens is 3. The lowest BCUT2D eigenvalue weighted by atomic mass is 10.0. The van der Waals surface area contributed by atoms with E-state index in [4.69, 9.17) is 5.73 Å². The van der Waals surface area contributed by atoms with E-state index in [2.05, 4.69) is 0 Å². The molecule has 5 rings (SSSR count). The van der Waals surface area contributed by atoms with Crippen LogP contribution in [0.15, 0.2) is 23.1 Å². The lowest BCUT2D eigenvalue weighted by Gasteiger charge is -2.21. The van der Waals surface area contributed by atoms with Gasteiger partial charge >= 0.3 is 5.97 Å². The fourth-order valence-electron chi connectivity index (χ4n) is 4.33. The second-order valence-electron chi connectivity index (χ2n) is 8.07. The average molecular weight is 412 g/mol. The van der Waals surface area contributed by atoms with Crippen LogP contribution in [0.5, 0.6) is 0 Å². The highest BCUT2D eigenvalue weighted by Gasteiger charge is 2.53. The number of carboxylic acids is 1. The molecule has 9 heteroatoms. The van der Waals surface area contributed by atoms with E-state index in [1.165, 1.54) is 16.8 Å². The number of carboxylic acid groups (broad SMARTS) is 1. The minimum Gasteiger partial charge on any atom is -0.477 e. The molecule has 0 radical (unpaired) electrons. The number of nitrogens with zero attached hydrogens (tertiary/aromatic N) is 2. The van der Waals surface area contributed by atoms with Gasteiger partial charge in [-0.2, -0.15) is 0 Å². The second kappa shape index (κ2) is 6.15. The molecule has 0 bridgehead atoms. The third-order valence-electron chi connectivity index (χ3n) is 6.31. The van der Waals surface area contributed by atoms with Crippen LogP contribution >= 0.6 is 12.4 Å². The van der Waals surface area contributed by atoms with Crippen molar-refractivity contribution in [1.29, 1.82) is 0 Å². The normalized spacial score (nSPS) is 27.1. The van der Waals surface area contributed by atoms with Gasteiger partial charge in [-0.25, -0.2) is 13.6 Å². The number of benzene rings is 1. The molecule has 1 saturated heterocycles. The van der Waals surface area contributed by atoms with E-state index < -0.39 is 35.0 Å². The van der Waals surface area contributed by atoms with E-state index in [0.29, 0.717) is 24.3 Å². The maximum Gasteiger partial charge on any atom is 0.341 e. The third kappa shape index (κ3) is 2.69. The number of hydrogen-bond acceptors (Lipinski definition) is 4. The molecular formula is C19H20ClF2N3O3. The van der Waals surface area contributed by atoms with Gasteiger partial charge in [0.25, 0.3) is 0 Å². The van der Waals surface area contributed by atoms with Crippen LogP contribution in [0.3, 0.4) is 0 Å². The number of carbonyl (C=O) groups is 1. The van der Waals surface area contributed by atoms with Crippen molar-refractivity contribution in [3.8, 4) is 0 Å². The number of pyridine rings is 1. The molecule has 1 aromatic carbocycles. The smallest absolute Gasteiger partial charge is 0.341 e. The van der Waals surface area contributed by atoms with Crippen LogP contribution in [-0.4, -0.2) is 40.9 Å². The first-order chi connectivity index (χ1) is 12.8. The van der Waals surface area contributed by atoms with Gasteiger partial charge in [-0.1, -0.05) is 0 Å². The summed E-state index contributed by atoms with van der Waals surface area (Å²) in [5.41, 5.74) is 5.72. The Bertz CT molecular complexity index is 1050. The van der Waals surface area contributed by atoms with Crippen molar-refractivity contribution in [2.45, 2.75) is 37.5 Å². The van der Waals surface area contributed by atoms with Crippen molar-refractivity contribution in [3.63, 3.8) is 0 Å². The van der Waals surface area contributed by atoms with Crippen LogP contribution in [0.25, 0.3) is 10.9 Å². The van der Waals surface area contributed by atoms with E-state index in [1.54, 1.807) is 0 Å². The van der Waals surface area contributed by atoms with Crippen molar-refractivity contribution in [3.05, 3.63) is 39.9 Å². The number of nitrogens with two attached hydrogens (primary N) is 1. The summed E-state index contributed by atoms with van der Waals surface area (Å²) in [6.45, 7) is 1.18. The number of alkyl halides is 1. The second-order valence-corrected chi connectivity index (χ2v) is 8.07. The Morgan fingerprint density at radius 3 is 2.54 bits per heavy atom. The molecule has 0 amide bonds. The third-order valence-corrected chi connectivity index (χ3v) is 6.31. The molecule has 6 nitrogen and oxygen atoms in total. The highest BCUT2D eigenvalue weighted by Crippen LogP contribution is 2.53. The zero-order valence-corrected chi connectivity index (χ0v) is 15.7. The largest absolute Gasteiger partial charge is 0.477 e. The molecule has 28 heavy (non-hydrogen) atoms. The Balaban J connectivity index is 0.00000192. The van der Waals surface area contributed by atoms with Gasteiger partial charge < -0.3 is 20.3 Å². The van der Waals surface area contributed by atoms with E-state index >= 15 is 0 Å². The van der Waals surface area contributed by atoms with Gasteiger partial charge in [0.2, 0.25) is 5.43 Å². The van der Waals surface area contributed by atoms with Gasteiger partial charge in [0.15, 0.2) is 0 Å². The van der Waals surface area contributed by atoms with Crippen LogP contribution in [0.2, 0.25) is 0 Å². The molecule has 2 heterocycles. The van der Waals surface area contributed by atoms with Crippen molar-refractivity contribution < 1.29 is 18.7 Å². The predicted molar refractivity (Wildman–Crippen MR) is 103 cm³/mol. The summed E-state index contributed by atoms with van der Waals surface area (Å²) in [7, 11) is 0. The molecule has 3 fully saturated rings. The number of anilines is 1. The summed E-state index contributed by atoms with van der Waals surface area (Å²) < 4.78 is 30.0. The standard InChI is InChI=1S/C19H19F2N3O3.ClH/c20-11-3-9-13(5-14(11)23-7-16(22)19(8-23)1-2-19)24(15-4-12(15)21)6-10(17(9)25)18(26)27;/h3,5-6,12,15-16H,1-2,4,7-8,22H2,(H,26,27);1H/t12-,15+,16+;/m0./s1. The minimum absolute atomic E-state index is 0. The van der Waals surface area contributed by atoms with E-state index in [1.807, 2.05) is 4.90 Å². The summed E-state index contributed by atoms with van der Waals surface area (Å²) in [5.74, 6) is -2.00. The summed E-state index contributed by atoms with van der Waals surface area (Å²) in [6, 6.07) is 2.06. The monoisotopic (exact) mass is 411 g/mol. The maximum absolute atomic E-state index is 14.9. The fourth-order valence-corrected chi connectivity index (χ4v) is 4.33. The summed E-state index contributed by atoms with van der Waals surface area (Å²) in [5, 5.41) is 9.24. The van der Waals surface area contributed by atoms with Gasteiger partial charge in [0.05, 0.1) is 17.2 Å². The lowest BCUT2D eigenvalue weighted by molar-refractivity contribution is 0.0694. The van der Waals surface area contributed by atoms with Gasteiger partial charge in [-0.05, 0) is 25.0 Å². The first-order valence-electron chi connectivity index (χ1n) is 9.07. The Labute approximate surface area is 165 Å². The molecule has 150 valence electrons. The molecular weight excluding hydrogens is 392 g/mol. The Hall–Kier alpha value is -2.19. The summed E-state index contributed by atoms with van der Waals surface area (Å²) >= 11 is 0. The number of aromatic carboxylic acids is 1. The molecule has 3 atom stereocenters. The fraction of sp³-hybridized carbons (Fsp3) is 0.474. The van der Waals surface area contributed by atoms with E-state index in [0.717, 1.165) is 18.9 Å². The van der Waals surface area contributed by atoms with Crippen molar-refractivity contribution in [2.75, 3.05) is 18.0 Å². The number of fused-ring (bicyclic) bond motifs is 1. The van der Waals surface area contributed by atoms with Gasteiger partial charge in [-0.3, -0.25) is 4.79 Å². The number of aromatic nitrogens is 1. The molecule has 1 aliphatic heterocycles. The molecule has 3 N–H and O–H groups in total. The Kier molecular flexibility index (Phi) is 4.21. The first-order valence-corrected chi connectivity index (χ1v) is 9.07. The zero-order valence-electron chi connectivity index (χ0n) is 14.9. The topological polar surface area (TPSA) is 88.6 Å². The number of rotatable bonds is 3. The van der Waals surface area contributed by atoms with E-state index in [-0.39, 0.29) is 35.7 Å². The van der Waals surface area contributed by atoms with E-state index in [9.17, 15) is 23.5 Å². The predicted octanol–water partition coefficient (Wildman–Crippen LogP) is 2.47. The SMILES string of the molecule is Cl.N[C@@H]1CN(c2cc3c(cc2F)c(=O)c(C(=O)O)cn3[C@@H]2C[C@@H]2F)CC12CC2. The zero-order chi connectivity index (χ0) is 19.1. The summed E-state index contributed by atoms with van der Waals surface area (Å²) in [6.07, 6.45) is 2.38. The quantitative estimate of drug-likeness (QED) is 0.810. The van der Waals surface area contributed by atoms with Gasteiger partial charge in [0.1, 0.15) is 17.6 Å². The minimum atomic E-state index is -1.41. The first kappa shape index (κ1) is 19.1. The molecule has 2 aromatic rings. The highest BCUT2D eigenvalue weighted by molar-refractivity contribution is 5.93. The van der Waals surface area contributed by atoms with Crippen molar-refractivity contribution >= 4 is 35.0 Å². The van der Waals surface area contributed by atoms with Gasteiger partial charge in [0, 0.05) is 42.6 Å². The number of hydrogen-bond donors (Lipinski definition) is 2. The molecule has 3 aliphatic rings. The Morgan fingerprint density at radius 1 is 1.32 bits per heavy atom. The van der Waals surface area contributed by atoms with Crippen LogP contribution in [0.4, 0.5) is 14.5 Å². The molecule has 2 saturated carbocycles. The van der Waals surface area contributed by atoms with Crippen LogP contribution < -0.4 is 16.1 Å². The van der Waals surface area contributed by atoms with Crippen LogP contribution in [-0.2, 0) is 0 Å². The van der Waals surface area contributed by atoms with Gasteiger partial charge in [-0.15, -0.1) is 12.4 Å². The average Bonchev–Trinajstić information content (AvgIpc) is 3.50. The van der Waals surface area contributed by atoms with Crippen LogP contribution in [0.1, 0.15) is 35.7 Å². The lowest BCUT2D eigenvalue weighted by Crippen LogP contribution is -2.30. The Morgan fingerprint density at radius 2 is 2.00 bits per heavy atom. The van der Waals surface area contributed by atoms with Crippen molar-refractivity contribution in [1.82, 2.24) is 4.57 Å². The summed E-state index contributed by atoms with van der Waals surface area (Å²) in [4.78, 5) is 25.8. The molecule has 1 spiro atoms. The van der Waals surface area contributed by atoms with Crippen molar-refractivity contribution in [2.24, 2.45) is 11.1 Å². The molecule has 1 aromatic heterocycles. The molecule has 0 unspecified atom stereocenters.